The summed E-state index contributed by atoms with van der Waals surface area (Å²) >= 11 is 0. The molecule has 1 N–H and O–H groups in total. The molecule has 3 rings (SSSR count). The van der Waals surface area contributed by atoms with Gasteiger partial charge in [-0.1, -0.05) is 17.7 Å². The molecular weight excluding hydrogens is 298 g/mol. The Morgan fingerprint density at radius 2 is 1.74 bits per heavy atom. The van der Waals surface area contributed by atoms with Crippen LogP contribution in [0.1, 0.15) is 5.56 Å². The lowest BCUT2D eigenvalue weighted by Gasteiger charge is -2.29. The molecule has 1 aromatic carbocycles. The Morgan fingerprint density at radius 3 is 2.39 bits per heavy atom. The first-order valence-corrected chi connectivity index (χ1v) is 7.36. The number of carbonyl (C=O) groups is 3. The molecule has 0 atom stereocenters. The van der Waals surface area contributed by atoms with E-state index in [1.165, 1.54) is 6.20 Å². The van der Waals surface area contributed by atoms with Gasteiger partial charge in [-0.15, -0.1) is 0 Å². The minimum Gasteiger partial charge on any atom is -0.378 e. The monoisotopic (exact) mass is 315 g/mol. The average molecular weight is 315 g/mol. The van der Waals surface area contributed by atoms with Crippen molar-refractivity contribution in [3.05, 3.63) is 41.6 Å². The smallest absolute Gasteiger partial charge is 0.335 e. The van der Waals surface area contributed by atoms with Crippen LogP contribution in [0.4, 0.5) is 10.5 Å². The standard InChI is InChI=1S/C16H17N3O4/c1-11-2-4-12(5-3-11)19-15(21)13(14(20)17-16(19)22)10-18-6-8-23-9-7-18/h2-5,10H,6-9H2,1H3,(H,17,20,22)/b13-10-. The number of nitrogens with zero attached hydrogens (tertiary/aromatic N) is 2. The minimum absolute atomic E-state index is 0.0490. The number of imide groups is 2. The summed E-state index contributed by atoms with van der Waals surface area (Å²) < 4.78 is 5.24. The van der Waals surface area contributed by atoms with Crippen LogP contribution < -0.4 is 10.2 Å². The number of morpholine rings is 1. The molecule has 0 aromatic heterocycles. The van der Waals surface area contributed by atoms with E-state index in [1.807, 2.05) is 11.8 Å². The summed E-state index contributed by atoms with van der Waals surface area (Å²) in [5, 5.41) is 2.21. The van der Waals surface area contributed by atoms with Gasteiger partial charge in [-0.25, -0.2) is 9.69 Å². The molecule has 7 nitrogen and oxygen atoms in total. The normalized spacial score (nSPS) is 20.9. The number of carbonyl (C=O) groups excluding carboxylic acids is 3. The van der Waals surface area contributed by atoms with Crippen LogP contribution in [0.25, 0.3) is 0 Å². The van der Waals surface area contributed by atoms with Gasteiger partial charge in [0, 0.05) is 19.3 Å². The van der Waals surface area contributed by atoms with E-state index >= 15 is 0 Å². The number of hydrogen-bond acceptors (Lipinski definition) is 5. The summed E-state index contributed by atoms with van der Waals surface area (Å²) in [7, 11) is 0. The van der Waals surface area contributed by atoms with Crippen molar-refractivity contribution in [2.24, 2.45) is 0 Å². The molecule has 0 spiro atoms. The van der Waals surface area contributed by atoms with Crippen molar-refractivity contribution in [3.8, 4) is 0 Å². The number of barbiturate groups is 1. The maximum absolute atomic E-state index is 12.6. The minimum atomic E-state index is -0.733. The molecule has 0 radical (unpaired) electrons. The van der Waals surface area contributed by atoms with Crippen molar-refractivity contribution in [1.82, 2.24) is 10.2 Å². The highest BCUT2D eigenvalue weighted by atomic mass is 16.5. The van der Waals surface area contributed by atoms with Crippen LogP contribution in [0.15, 0.2) is 36.0 Å². The Labute approximate surface area is 133 Å². The zero-order chi connectivity index (χ0) is 16.4. The number of rotatable bonds is 2. The van der Waals surface area contributed by atoms with E-state index in [4.69, 9.17) is 4.74 Å². The second-order valence-corrected chi connectivity index (χ2v) is 5.43. The van der Waals surface area contributed by atoms with Gasteiger partial charge in [0.2, 0.25) is 0 Å². The first kappa shape index (κ1) is 15.2. The van der Waals surface area contributed by atoms with Crippen LogP contribution in [-0.2, 0) is 14.3 Å². The van der Waals surface area contributed by atoms with Gasteiger partial charge in [0.05, 0.1) is 18.9 Å². The maximum atomic E-state index is 12.6. The largest absolute Gasteiger partial charge is 0.378 e. The number of amides is 4. The van der Waals surface area contributed by atoms with E-state index in [0.29, 0.717) is 32.0 Å². The van der Waals surface area contributed by atoms with Crippen LogP contribution >= 0.6 is 0 Å². The van der Waals surface area contributed by atoms with Gasteiger partial charge in [-0.3, -0.25) is 14.9 Å². The fraction of sp³-hybridized carbons (Fsp3) is 0.312. The Kier molecular flexibility index (Phi) is 4.12. The van der Waals surface area contributed by atoms with Crippen LogP contribution in [0, 0.1) is 6.92 Å². The summed E-state index contributed by atoms with van der Waals surface area (Å²) in [6, 6.07) is 6.22. The summed E-state index contributed by atoms with van der Waals surface area (Å²) in [6.07, 6.45) is 1.51. The van der Waals surface area contributed by atoms with Crippen LogP contribution in [0.3, 0.4) is 0 Å². The molecule has 4 amide bonds. The molecule has 7 heteroatoms. The lowest BCUT2D eigenvalue weighted by molar-refractivity contribution is -0.122. The summed E-state index contributed by atoms with van der Waals surface area (Å²) in [5.74, 6) is -1.29. The average Bonchev–Trinajstić information content (AvgIpc) is 2.54. The second-order valence-electron chi connectivity index (χ2n) is 5.43. The molecule has 0 bridgehead atoms. The number of ether oxygens (including phenoxy) is 1. The van der Waals surface area contributed by atoms with Crippen LogP contribution in [0.2, 0.25) is 0 Å². The van der Waals surface area contributed by atoms with E-state index < -0.39 is 17.8 Å². The summed E-state index contributed by atoms with van der Waals surface area (Å²) in [6.45, 7) is 4.20. The van der Waals surface area contributed by atoms with Gasteiger partial charge >= 0.3 is 6.03 Å². The van der Waals surface area contributed by atoms with Crippen LogP contribution in [0.5, 0.6) is 0 Å². The van der Waals surface area contributed by atoms with Crippen LogP contribution in [-0.4, -0.2) is 49.0 Å². The maximum Gasteiger partial charge on any atom is 0.335 e. The topological polar surface area (TPSA) is 79.0 Å². The number of anilines is 1. The molecule has 2 aliphatic rings. The molecule has 2 aliphatic heterocycles. The highest BCUT2D eigenvalue weighted by molar-refractivity contribution is 6.37. The lowest BCUT2D eigenvalue weighted by Crippen LogP contribution is -2.55. The number of nitrogens with one attached hydrogen (secondary N) is 1. The Hall–Kier alpha value is -2.67. The molecule has 0 unspecified atom stereocenters. The van der Waals surface area contributed by atoms with E-state index in [1.54, 1.807) is 24.3 Å². The molecule has 1 aromatic rings. The molecule has 23 heavy (non-hydrogen) atoms. The van der Waals surface area contributed by atoms with Gasteiger partial charge in [0.25, 0.3) is 11.8 Å². The molecule has 2 heterocycles. The zero-order valence-corrected chi connectivity index (χ0v) is 12.7. The Bertz CT molecular complexity index is 675. The van der Waals surface area contributed by atoms with E-state index in [-0.39, 0.29) is 5.57 Å². The highest BCUT2D eigenvalue weighted by Crippen LogP contribution is 2.21. The first-order valence-electron chi connectivity index (χ1n) is 7.36. The molecule has 120 valence electrons. The first-order chi connectivity index (χ1) is 11.1. The summed E-state index contributed by atoms with van der Waals surface area (Å²) in [5.41, 5.74) is 1.39. The predicted octanol–water partition coefficient (Wildman–Crippen LogP) is 0.794. The van der Waals surface area contributed by atoms with Gasteiger partial charge in [0.1, 0.15) is 5.57 Å². The van der Waals surface area contributed by atoms with Crippen molar-refractivity contribution in [2.75, 3.05) is 31.2 Å². The third-order valence-corrected chi connectivity index (χ3v) is 3.75. The number of urea groups is 1. The lowest BCUT2D eigenvalue weighted by atomic mass is 10.1. The molecule has 2 fully saturated rings. The van der Waals surface area contributed by atoms with Crippen molar-refractivity contribution in [2.45, 2.75) is 6.92 Å². The Balaban J connectivity index is 1.90. The Morgan fingerprint density at radius 1 is 1.09 bits per heavy atom. The van der Waals surface area contributed by atoms with E-state index in [2.05, 4.69) is 5.32 Å². The van der Waals surface area contributed by atoms with Crippen molar-refractivity contribution < 1.29 is 19.1 Å². The third kappa shape index (κ3) is 3.09. The number of benzene rings is 1. The fourth-order valence-electron chi connectivity index (χ4n) is 2.46. The molecule has 2 saturated heterocycles. The van der Waals surface area contributed by atoms with E-state index in [9.17, 15) is 14.4 Å². The number of aryl methyl sites for hydroxylation is 1. The quantitative estimate of drug-likeness (QED) is 0.645. The van der Waals surface area contributed by atoms with Gasteiger partial charge in [0.15, 0.2) is 0 Å². The molecule has 0 aliphatic carbocycles. The van der Waals surface area contributed by atoms with Crippen molar-refractivity contribution in [3.63, 3.8) is 0 Å². The van der Waals surface area contributed by atoms with E-state index in [0.717, 1.165) is 10.5 Å². The number of hydrogen-bond donors (Lipinski definition) is 1. The zero-order valence-electron chi connectivity index (χ0n) is 12.7. The summed E-state index contributed by atoms with van der Waals surface area (Å²) in [4.78, 5) is 39.5. The highest BCUT2D eigenvalue weighted by Gasteiger charge is 2.37. The predicted molar refractivity (Wildman–Crippen MR) is 82.7 cm³/mol. The fourth-order valence-corrected chi connectivity index (χ4v) is 2.46. The SMILES string of the molecule is Cc1ccc(N2C(=O)NC(=O)/C(=C/N3CCOCC3)C2=O)cc1. The third-order valence-electron chi connectivity index (χ3n) is 3.75. The molecular formula is C16H17N3O4. The van der Waals surface area contributed by atoms with Gasteiger partial charge < -0.3 is 9.64 Å². The van der Waals surface area contributed by atoms with Gasteiger partial charge in [-0.05, 0) is 19.1 Å². The second kappa shape index (κ2) is 6.21. The molecule has 0 saturated carbocycles. The van der Waals surface area contributed by atoms with Crippen molar-refractivity contribution >= 4 is 23.5 Å². The van der Waals surface area contributed by atoms with Gasteiger partial charge in [-0.2, -0.15) is 0 Å². The van der Waals surface area contributed by atoms with Crippen molar-refractivity contribution in [1.29, 1.82) is 0 Å².